The lowest BCUT2D eigenvalue weighted by molar-refractivity contribution is 0.0715. The Labute approximate surface area is 165 Å². The summed E-state index contributed by atoms with van der Waals surface area (Å²) < 4.78 is 6.27. The van der Waals surface area contributed by atoms with Gasteiger partial charge in [0.05, 0.1) is 5.56 Å². The summed E-state index contributed by atoms with van der Waals surface area (Å²) >= 11 is 0. The molecule has 2 aliphatic heterocycles. The molecule has 0 unspecified atom stereocenters. The zero-order chi connectivity index (χ0) is 19.3. The van der Waals surface area contributed by atoms with E-state index in [1.807, 2.05) is 35.2 Å². The van der Waals surface area contributed by atoms with Crippen molar-refractivity contribution in [3.05, 3.63) is 42.1 Å². The molecule has 1 aromatic heterocycles. The van der Waals surface area contributed by atoms with E-state index in [0.717, 1.165) is 57.7 Å². The van der Waals surface area contributed by atoms with E-state index in [1.165, 1.54) is 6.42 Å². The van der Waals surface area contributed by atoms with Crippen LogP contribution < -0.4 is 15.4 Å². The molecule has 2 N–H and O–H groups in total. The van der Waals surface area contributed by atoms with Gasteiger partial charge >= 0.3 is 0 Å². The van der Waals surface area contributed by atoms with Crippen molar-refractivity contribution in [3.63, 3.8) is 0 Å². The van der Waals surface area contributed by atoms with E-state index >= 15 is 0 Å². The Balaban J connectivity index is 1.39. The molecule has 4 rings (SSSR count). The number of hydrogen-bond acceptors (Lipinski definition) is 6. The van der Waals surface area contributed by atoms with Gasteiger partial charge in [0.1, 0.15) is 17.7 Å². The standard InChI is InChI=1S/C21H27N5O2/c22-21-23-11-8-19(24-21)25-14-9-16(10-15-25)28-18-7-3-2-6-17(18)20(27)26-12-4-1-5-13-26/h2-3,6-8,11,16H,1,4-5,9-10,12-15H2,(H2,22,23,24). The van der Waals surface area contributed by atoms with Gasteiger partial charge in [-0.15, -0.1) is 0 Å². The molecule has 0 atom stereocenters. The number of nitrogens with two attached hydrogens (primary N) is 1. The molecule has 1 aromatic carbocycles. The van der Waals surface area contributed by atoms with Crippen molar-refractivity contribution in [2.24, 2.45) is 0 Å². The number of benzene rings is 1. The summed E-state index contributed by atoms with van der Waals surface area (Å²) in [4.78, 5) is 25.3. The van der Waals surface area contributed by atoms with Gasteiger partial charge in [-0.25, -0.2) is 4.98 Å². The maximum atomic E-state index is 12.9. The van der Waals surface area contributed by atoms with E-state index in [9.17, 15) is 4.79 Å². The molecule has 28 heavy (non-hydrogen) atoms. The fraction of sp³-hybridized carbons (Fsp3) is 0.476. The second-order valence-corrected chi connectivity index (χ2v) is 7.43. The summed E-state index contributed by atoms with van der Waals surface area (Å²) in [6, 6.07) is 9.51. The van der Waals surface area contributed by atoms with E-state index in [1.54, 1.807) is 6.20 Å². The largest absolute Gasteiger partial charge is 0.489 e. The van der Waals surface area contributed by atoms with Crippen LogP contribution in [0.3, 0.4) is 0 Å². The molecule has 2 fully saturated rings. The molecule has 1 amide bonds. The van der Waals surface area contributed by atoms with Crippen LogP contribution in [0.25, 0.3) is 0 Å². The number of aromatic nitrogens is 2. The van der Waals surface area contributed by atoms with E-state index in [0.29, 0.717) is 17.3 Å². The Morgan fingerprint density at radius 1 is 1.04 bits per heavy atom. The normalized spacial score (nSPS) is 18.1. The van der Waals surface area contributed by atoms with Crippen LogP contribution in [-0.4, -0.2) is 53.1 Å². The quantitative estimate of drug-likeness (QED) is 0.877. The van der Waals surface area contributed by atoms with Crippen molar-refractivity contribution in [1.29, 1.82) is 0 Å². The monoisotopic (exact) mass is 381 g/mol. The lowest BCUT2D eigenvalue weighted by Gasteiger charge is -2.33. The van der Waals surface area contributed by atoms with Crippen molar-refractivity contribution in [2.45, 2.75) is 38.2 Å². The molecule has 0 radical (unpaired) electrons. The van der Waals surface area contributed by atoms with Gasteiger partial charge in [0.15, 0.2) is 0 Å². The highest BCUT2D eigenvalue weighted by atomic mass is 16.5. The highest BCUT2D eigenvalue weighted by Crippen LogP contribution is 2.26. The van der Waals surface area contributed by atoms with Gasteiger partial charge in [-0.05, 0) is 37.5 Å². The second kappa shape index (κ2) is 8.46. The topological polar surface area (TPSA) is 84.6 Å². The molecular formula is C21H27N5O2. The van der Waals surface area contributed by atoms with Crippen LogP contribution in [0.5, 0.6) is 5.75 Å². The Morgan fingerprint density at radius 3 is 2.54 bits per heavy atom. The lowest BCUT2D eigenvalue weighted by Crippen LogP contribution is -2.39. The molecule has 2 saturated heterocycles. The van der Waals surface area contributed by atoms with Crippen LogP contribution in [0, 0.1) is 0 Å². The van der Waals surface area contributed by atoms with E-state index < -0.39 is 0 Å². The van der Waals surface area contributed by atoms with Crippen LogP contribution in [0.1, 0.15) is 42.5 Å². The Morgan fingerprint density at radius 2 is 1.79 bits per heavy atom. The predicted octanol–water partition coefficient (Wildman–Crippen LogP) is 2.73. The maximum absolute atomic E-state index is 12.9. The fourth-order valence-corrected chi connectivity index (χ4v) is 3.94. The first-order valence-electron chi connectivity index (χ1n) is 10.1. The van der Waals surface area contributed by atoms with Crippen LogP contribution in [0.15, 0.2) is 36.5 Å². The minimum Gasteiger partial charge on any atom is -0.489 e. The van der Waals surface area contributed by atoms with Gasteiger partial charge in [-0.3, -0.25) is 4.79 Å². The summed E-state index contributed by atoms with van der Waals surface area (Å²) in [6.45, 7) is 3.36. The van der Waals surface area contributed by atoms with Crippen LogP contribution in [0.2, 0.25) is 0 Å². The average Bonchev–Trinajstić information content (AvgIpc) is 2.75. The second-order valence-electron chi connectivity index (χ2n) is 7.43. The molecule has 0 aliphatic carbocycles. The smallest absolute Gasteiger partial charge is 0.257 e. The van der Waals surface area contributed by atoms with Crippen molar-refractivity contribution in [1.82, 2.24) is 14.9 Å². The number of nitrogens with zero attached hydrogens (tertiary/aromatic N) is 4. The van der Waals surface area contributed by atoms with Gasteiger partial charge in [0, 0.05) is 45.2 Å². The number of para-hydroxylation sites is 1. The molecule has 7 nitrogen and oxygen atoms in total. The number of carbonyl (C=O) groups excluding carboxylic acids is 1. The SMILES string of the molecule is Nc1nccc(N2CCC(Oc3ccccc3C(=O)N3CCCCC3)CC2)n1. The predicted molar refractivity (Wildman–Crippen MR) is 109 cm³/mol. The molecular weight excluding hydrogens is 354 g/mol. The fourth-order valence-electron chi connectivity index (χ4n) is 3.94. The van der Waals surface area contributed by atoms with Crippen LogP contribution >= 0.6 is 0 Å². The van der Waals surface area contributed by atoms with Gasteiger partial charge in [-0.1, -0.05) is 12.1 Å². The molecule has 0 saturated carbocycles. The maximum Gasteiger partial charge on any atom is 0.257 e. The first kappa shape index (κ1) is 18.5. The number of carbonyl (C=O) groups is 1. The highest BCUT2D eigenvalue weighted by Gasteiger charge is 2.25. The Kier molecular flexibility index (Phi) is 5.60. The minimum absolute atomic E-state index is 0.0872. The summed E-state index contributed by atoms with van der Waals surface area (Å²) in [7, 11) is 0. The van der Waals surface area contributed by atoms with Gasteiger partial charge < -0.3 is 20.3 Å². The summed E-state index contributed by atoms with van der Waals surface area (Å²) in [5.41, 5.74) is 6.37. The highest BCUT2D eigenvalue weighted by molar-refractivity contribution is 5.97. The zero-order valence-electron chi connectivity index (χ0n) is 16.1. The van der Waals surface area contributed by atoms with Gasteiger partial charge in [0.25, 0.3) is 5.91 Å². The molecule has 148 valence electrons. The number of anilines is 2. The number of hydrogen-bond donors (Lipinski definition) is 1. The average molecular weight is 381 g/mol. The molecule has 7 heteroatoms. The van der Waals surface area contributed by atoms with E-state index in [2.05, 4.69) is 14.9 Å². The third-order valence-electron chi connectivity index (χ3n) is 5.48. The summed E-state index contributed by atoms with van der Waals surface area (Å²) in [5.74, 6) is 1.93. The van der Waals surface area contributed by atoms with E-state index in [-0.39, 0.29) is 12.0 Å². The van der Waals surface area contributed by atoms with Gasteiger partial charge in [-0.2, -0.15) is 4.98 Å². The third-order valence-corrected chi connectivity index (χ3v) is 5.48. The van der Waals surface area contributed by atoms with Crippen molar-refractivity contribution in [3.8, 4) is 5.75 Å². The van der Waals surface area contributed by atoms with E-state index in [4.69, 9.17) is 10.5 Å². The molecule has 2 aliphatic rings. The first-order valence-corrected chi connectivity index (χ1v) is 10.1. The number of likely N-dealkylation sites (tertiary alicyclic amines) is 1. The summed E-state index contributed by atoms with van der Waals surface area (Å²) in [5, 5.41) is 0. The van der Waals surface area contributed by atoms with Crippen molar-refractivity contribution in [2.75, 3.05) is 36.8 Å². The molecule has 0 bridgehead atoms. The number of ether oxygens (including phenoxy) is 1. The minimum atomic E-state index is 0.0872. The summed E-state index contributed by atoms with van der Waals surface area (Å²) in [6.07, 6.45) is 6.89. The Bertz CT molecular complexity index is 814. The Hall–Kier alpha value is -2.83. The van der Waals surface area contributed by atoms with Crippen LogP contribution in [-0.2, 0) is 0 Å². The zero-order valence-corrected chi connectivity index (χ0v) is 16.1. The third kappa shape index (κ3) is 4.18. The van der Waals surface area contributed by atoms with Gasteiger partial charge in [0.2, 0.25) is 5.95 Å². The molecule has 2 aromatic rings. The lowest BCUT2D eigenvalue weighted by atomic mass is 10.1. The first-order chi connectivity index (χ1) is 13.7. The number of nitrogen functional groups attached to an aromatic ring is 1. The number of rotatable bonds is 4. The number of piperidine rings is 2. The van der Waals surface area contributed by atoms with Crippen molar-refractivity contribution < 1.29 is 9.53 Å². The molecule has 3 heterocycles. The molecule has 0 spiro atoms. The van der Waals surface area contributed by atoms with Crippen LogP contribution in [0.4, 0.5) is 11.8 Å². The number of amides is 1. The van der Waals surface area contributed by atoms with Crippen molar-refractivity contribution >= 4 is 17.7 Å².